The monoisotopic (exact) mass is 396 g/mol. The van der Waals surface area contributed by atoms with E-state index in [1.54, 1.807) is 18.2 Å². The summed E-state index contributed by atoms with van der Waals surface area (Å²) in [4.78, 5) is 0. The van der Waals surface area contributed by atoms with E-state index in [4.69, 9.17) is 0 Å². The number of nitrogens with zero attached hydrogens (tertiary/aromatic N) is 2. The molecule has 1 aromatic rings. The smallest absolute Gasteiger partial charge is 0.0561 e. The molecule has 0 fully saturated rings. The predicted octanol–water partition coefficient (Wildman–Crippen LogP) is 2.61. The van der Waals surface area contributed by atoms with E-state index in [0.717, 1.165) is 0 Å². The molecule has 0 aromatic heterocycles. The van der Waals surface area contributed by atoms with Crippen LogP contribution in [0.5, 0.6) is 5.75 Å². The van der Waals surface area contributed by atoms with Gasteiger partial charge in [0.25, 0.3) is 0 Å². The molecule has 0 radical (unpaired) electrons. The standard InChI is InChI=1S/C8H8N2O2.2C4H9.Sn/c11-6-10-9-5-7-3-1-2-4-8(7)12;2*1-4(2)3;/h1-6,12H,(H,10,11);2*1-3H3;/q;;;+2/p-2/b9-5+;;;. The molecule has 0 saturated heterocycles. The van der Waals surface area contributed by atoms with E-state index < -0.39 is 0 Å². The second-order valence-corrected chi connectivity index (χ2v) is 15.9. The molecular formula is C16H24N2O2Sn. The summed E-state index contributed by atoms with van der Waals surface area (Å²) < 4.78 is 1.31. The van der Waals surface area contributed by atoms with Gasteiger partial charge in [0.05, 0.1) is 6.21 Å². The molecule has 5 heteroatoms. The van der Waals surface area contributed by atoms with Gasteiger partial charge in [-0.05, 0) is 12.0 Å². The second-order valence-electron chi connectivity index (χ2n) is 6.63. The minimum absolute atomic E-state index is 0.137. The molecule has 0 saturated carbocycles. The fourth-order valence-corrected chi connectivity index (χ4v) is 8.26. The first-order valence-electron chi connectivity index (χ1n) is 6.77. The Kier molecular flexibility index (Phi) is 8.62. The van der Waals surface area contributed by atoms with Gasteiger partial charge in [-0.25, -0.2) is 0 Å². The second kappa shape index (κ2) is 9.07. The van der Waals surface area contributed by atoms with Crippen molar-refractivity contribution in [3.8, 4) is 5.75 Å². The maximum atomic E-state index is 11.0. The number of hydrogen-bond acceptors (Lipinski definition) is 4. The molecule has 0 bridgehead atoms. The molecule has 0 aliphatic rings. The minimum atomic E-state index is -0.182. The summed E-state index contributed by atoms with van der Waals surface area (Å²) in [5.41, 5.74) is 0.420. The van der Waals surface area contributed by atoms with Crippen molar-refractivity contribution in [3.05, 3.63) is 29.8 Å². The van der Waals surface area contributed by atoms with E-state index in [2.05, 4.69) is 51.7 Å². The average Bonchev–Trinajstić information content (AvgIpc) is 2.28. The van der Waals surface area contributed by atoms with Crippen LogP contribution in [0.25, 0.3) is 0 Å². The van der Waals surface area contributed by atoms with Gasteiger partial charge in [0, 0.05) is 0 Å². The van der Waals surface area contributed by atoms with Crippen LogP contribution in [0.15, 0.2) is 34.5 Å². The molecule has 0 unspecified atom stereocenters. The van der Waals surface area contributed by atoms with E-state index in [9.17, 15) is 10.2 Å². The Hall–Kier alpha value is -1.04. The number of rotatable bonds is 2. The topological polar surface area (TPSA) is 70.8 Å². The summed E-state index contributed by atoms with van der Waals surface area (Å²) in [5, 5.41) is 27.1. The van der Waals surface area contributed by atoms with Gasteiger partial charge in [-0.3, -0.25) is 0 Å². The summed E-state index contributed by atoms with van der Waals surface area (Å²) in [6.07, 6.45) is 1.56. The zero-order chi connectivity index (χ0) is 16.5. The Bertz CT molecular complexity index is 460. The van der Waals surface area contributed by atoms with Gasteiger partial charge in [-0.15, -0.1) is 0 Å². The molecule has 0 aliphatic heterocycles. The van der Waals surface area contributed by atoms with Gasteiger partial charge in [-0.1, -0.05) is 30.0 Å². The van der Waals surface area contributed by atoms with Crippen molar-refractivity contribution >= 4 is 33.8 Å². The van der Waals surface area contributed by atoms with Gasteiger partial charge < -0.3 is 10.2 Å². The normalized spacial score (nSPS) is 12.1. The van der Waals surface area contributed by atoms with Gasteiger partial charge in [0.2, 0.25) is 0 Å². The number of benzene rings is 1. The zero-order valence-corrected chi connectivity index (χ0v) is 16.5. The van der Waals surface area contributed by atoms with Crippen molar-refractivity contribution in [1.29, 1.82) is 0 Å². The van der Waals surface area contributed by atoms with Crippen molar-refractivity contribution < 1.29 is 10.2 Å². The molecule has 0 spiro atoms. The van der Waals surface area contributed by atoms with Crippen LogP contribution >= 0.6 is 0 Å². The number of para-hydroxylation sites is 1. The zero-order valence-electron chi connectivity index (χ0n) is 13.7. The maximum Gasteiger partial charge on any atom is 0.0561 e. The summed E-state index contributed by atoms with van der Waals surface area (Å²) in [7, 11) is 0. The third kappa shape index (κ3) is 12.4. The van der Waals surface area contributed by atoms with Crippen LogP contribution in [0.4, 0.5) is 0 Å². The third-order valence-electron chi connectivity index (χ3n) is 1.98. The first kappa shape index (κ1) is 20.0. The van der Waals surface area contributed by atoms with E-state index in [1.807, 2.05) is 0 Å². The van der Waals surface area contributed by atoms with Crippen LogP contribution in [0.1, 0.15) is 47.1 Å². The molecule has 114 valence electrons. The summed E-state index contributed by atoms with van der Waals surface area (Å²) >= 11 is -0.182. The van der Waals surface area contributed by atoms with Gasteiger partial charge >= 0.3 is 69.5 Å². The minimum Gasteiger partial charge on any atom is -0.872 e. The van der Waals surface area contributed by atoms with Crippen molar-refractivity contribution in [2.45, 2.75) is 48.4 Å². The van der Waals surface area contributed by atoms with Crippen molar-refractivity contribution in [2.75, 3.05) is 0 Å². The quantitative estimate of drug-likeness (QED) is 0.334. The molecule has 4 nitrogen and oxygen atoms in total. The summed E-state index contributed by atoms with van der Waals surface area (Å²) in [6, 6.07) is 6.37. The summed E-state index contributed by atoms with van der Waals surface area (Å²) in [5.74, 6) is -0.137. The van der Waals surface area contributed by atoms with Gasteiger partial charge in [-0.2, -0.15) is 10.2 Å². The van der Waals surface area contributed by atoms with Crippen molar-refractivity contribution in [3.63, 3.8) is 0 Å². The van der Waals surface area contributed by atoms with Crippen LogP contribution < -0.4 is 10.2 Å². The fraction of sp³-hybridized carbons (Fsp3) is 0.500. The first-order chi connectivity index (χ1) is 9.55. The third-order valence-corrected chi connectivity index (χ3v) is 6.26. The Labute approximate surface area is 138 Å². The molecule has 21 heavy (non-hydrogen) atoms. The largest absolute Gasteiger partial charge is 0.872 e. The molecule has 0 amide bonds. The van der Waals surface area contributed by atoms with Crippen molar-refractivity contribution in [2.24, 2.45) is 10.2 Å². The van der Waals surface area contributed by atoms with Crippen LogP contribution in [0.2, 0.25) is 6.86 Å². The molecule has 1 rings (SSSR count). The Morgan fingerprint density at radius 1 is 0.952 bits per heavy atom. The average molecular weight is 395 g/mol. The molecule has 1 aromatic carbocycles. The van der Waals surface area contributed by atoms with Crippen LogP contribution in [0, 0.1) is 0 Å². The molecule has 0 heterocycles. The van der Waals surface area contributed by atoms with E-state index in [0.29, 0.717) is 18.8 Å². The van der Waals surface area contributed by atoms with E-state index >= 15 is 0 Å². The van der Waals surface area contributed by atoms with Gasteiger partial charge in [0.15, 0.2) is 0 Å². The van der Waals surface area contributed by atoms with Crippen molar-refractivity contribution in [1.82, 2.24) is 0 Å². The molecular weight excluding hydrogens is 371 g/mol. The maximum absolute atomic E-state index is 11.0. The Balaban J connectivity index is 0.000000400. The summed E-state index contributed by atoms with van der Waals surface area (Å²) in [6.45, 7) is 14.2. The van der Waals surface area contributed by atoms with E-state index in [1.165, 1.54) is 12.3 Å². The molecule has 0 atom stereocenters. The molecule has 0 N–H and O–H groups in total. The van der Waals surface area contributed by atoms with E-state index in [-0.39, 0.29) is 26.9 Å². The SMILES string of the molecule is C[C](C)(C)[Sn+2][C](C)(C)C.[O-]/C=N\N=C\c1ccccc1[O-]. The number of hydrogen-bond donors (Lipinski definition) is 0. The Morgan fingerprint density at radius 2 is 1.48 bits per heavy atom. The van der Waals surface area contributed by atoms with Crippen LogP contribution in [0.3, 0.4) is 0 Å². The predicted molar refractivity (Wildman–Crippen MR) is 87.2 cm³/mol. The fourth-order valence-electron chi connectivity index (χ4n) is 1.83. The molecule has 0 aliphatic carbocycles. The van der Waals surface area contributed by atoms with Gasteiger partial charge in [0.1, 0.15) is 0 Å². The van der Waals surface area contributed by atoms with Crippen LogP contribution in [-0.2, 0) is 0 Å². The Morgan fingerprint density at radius 3 is 1.86 bits per heavy atom. The van der Waals surface area contributed by atoms with Crippen LogP contribution in [-0.4, -0.2) is 33.8 Å². The first-order valence-corrected chi connectivity index (χ1v) is 9.63.